The lowest BCUT2D eigenvalue weighted by molar-refractivity contribution is -0.161. The van der Waals surface area contributed by atoms with Gasteiger partial charge in [0.25, 0.3) is 5.91 Å². The average Bonchev–Trinajstić information content (AvgIpc) is 2.87. The molecule has 196 valence electrons. The second-order valence-corrected chi connectivity index (χ2v) is 11.0. The van der Waals surface area contributed by atoms with Crippen molar-refractivity contribution in [1.29, 1.82) is 0 Å². The third-order valence-corrected chi connectivity index (χ3v) is 8.38. The zero-order chi connectivity index (χ0) is 26.3. The maximum atomic E-state index is 14.0. The number of carbonyl (C=O) groups is 1. The number of aliphatic hydroxyl groups is 1. The lowest BCUT2D eigenvalue weighted by atomic mass is 9.66. The molecule has 2 heterocycles. The third kappa shape index (κ3) is 4.89. The molecule has 1 amide bonds. The van der Waals surface area contributed by atoms with Crippen molar-refractivity contribution in [2.45, 2.75) is 77.0 Å². The Morgan fingerprint density at radius 3 is 2.70 bits per heavy atom. The van der Waals surface area contributed by atoms with Crippen LogP contribution in [0.25, 0.3) is 11.0 Å². The topological polar surface area (TPSA) is 80.0 Å². The third-order valence-electron chi connectivity index (χ3n) is 8.13. The van der Waals surface area contributed by atoms with E-state index in [1.54, 1.807) is 6.92 Å². The molecule has 1 aliphatic heterocycles. The van der Waals surface area contributed by atoms with Crippen molar-refractivity contribution >= 4 is 28.5 Å². The van der Waals surface area contributed by atoms with E-state index in [4.69, 9.17) is 20.8 Å². The van der Waals surface area contributed by atoms with Gasteiger partial charge in [0.1, 0.15) is 11.3 Å². The number of amides is 1. The summed E-state index contributed by atoms with van der Waals surface area (Å²) in [5, 5.41) is 12.9. The predicted octanol–water partition coefficient (Wildman–Crippen LogP) is 5.98. The molecule has 3 aromatic rings. The first-order valence-electron chi connectivity index (χ1n) is 13.2. The van der Waals surface area contributed by atoms with Crippen molar-refractivity contribution in [2.24, 2.45) is 5.92 Å². The second-order valence-electron chi connectivity index (χ2n) is 10.6. The summed E-state index contributed by atoms with van der Waals surface area (Å²) in [6.45, 7) is 6.10. The Labute approximate surface area is 222 Å². The van der Waals surface area contributed by atoms with Gasteiger partial charge in [-0.15, -0.1) is 0 Å². The summed E-state index contributed by atoms with van der Waals surface area (Å²) in [5.41, 5.74) is 1.97. The van der Waals surface area contributed by atoms with Crippen molar-refractivity contribution in [3.63, 3.8) is 0 Å². The molecule has 1 saturated carbocycles. The van der Waals surface area contributed by atoms with Gasteiger partial charge in [0, 0.05) is 23.6 Å². The van der Waals surface area contributed by atoms with E-state index in [0.717, 1.165) is 47.8 Å². The quantitative estimate of drug-likeness (QED) is 0.416. The Hall–Kier alpha value is -2.83. The highest BCUT2D eigenvalue weighted by Crippen LogP contribution is 2.49. The number of aryl methyl sites for hydroxylation is 2. The minimum absolute atomic E-state index is 0.0481. The summed E-state index contributed by atoms with van der Waals surface area (Å²) in [6, 6.07) is 12.5. The summed E-state index contributed by atoms with van der Waals surface area (Å²) < 4.78 is 11.8. The molecule has 2 fully saturated rings. The van der Waals surface area contributed by atoms with Gasteiger partial charge < -0.3 is 19.2 Å². The number of piperidine rings is 1. The number of nitrogens with zero attached hydrogens (tertiary/aromatic N) is 1. The number of fused-ring (bicyclic) bond motifs is 2. The predicted molar refractivity (Wildman–Crippen MR) is 144 cm³/mol. The van der Waals surface area contributed by atoms with E-state index >= 15 is 0 Å². The number of benzene rings is 2. The highest BCUT2D eigenvalue weighted by Gasteiger charge is 2.50. The Kier molecular flexibility index (Phi) is 7.08. The lowest BCUT2D eigenvalue weighted by Gasteiger charge is -2.53. The number of rotatable bonds is 5. The minimum atomic E-state index is -0.774. The SMILES string of the molecule is CCc1cc(=O)oc2cc(C)cc(O[C@@H](C)C(=O)N3CC[C@@]4(O)CCCC[C@H]4[C@@H]3c3ccc(Cl)cc3)c12. The van der Waals surface area contributed by atoms with Gasteiger partial charge in [-0.3, -0.25) is 4.79 Å². The largest absolute Gasteiger partial charge is 0.480 e. The van der Waals surface area contributed by atoms with E-state index in [1.165, 1.54) is 6.07 Å². The van der Waals surface area contributed by atoms with E-state index in [2.05, 4.69) is 0 Å². The molecule has 4 atom stereocenters. The number of hydrogen-bond acceptors (Lipinski definition) is 5. The van der Waals surface area contributed by atoms with Crippen LogP contribution in [0.2, 0.25) is 5.02 Å². The molecule has 1 N–H and O–H groups in total. The Morgan fingerprint density at radius 2 is 1.97 bits per heavy atom. The van der Waals surface area contributed by atoms with E-state index in [0.29, 0.717) is 35.7 Å². The van der Waals surface area contributed by atoms with Crippen LogP contribution in [-0.4, -0.2) is 34.2 Å². The first-order chi connectivity index (χ1) is 17.7. The molecule has 1 aromatic heterocycles. The normalized spacial score (nSPS) is 24.5. The maximum Gasteiger partial charge on any atom is 0.336 e. The Balaban J connectivity index is 1.49. The van der Waals surface area contributed by atoms with E-state index < -0.39 is 17.3 Å². The second kappa shape index (κ2) is 10.1. The summed E-state index contributed by atoms with van der Waals surface area (Å²) >= 11 is 6.17. The van der Waals surface area contributed by atoms with Crippen LogP contribution in [0.5, 0.6) is 5.75 Å². The van der Waals surface area contributed by atoms with Crippen molar-refractivity contribution in [3.05, 3.63) is 74.6 Å². The van der Waals surface area contributed by atoms with Crippen LogP contribution in [-0.2, 0) is 11.2 Å². The average molecular weight is 524 g/mol. The molecule has 37 heavy (non-hydrogen) atoms. The van der Waals surface area contributed by atoms with Gasteiger partial charge in [-0.2, -0.15) is 0 Å². The molecular formula is C30H34ClNO5. The first kappa shape index (κ1) is 25.8. The van der Waals surface area contributed by atoms with E-state index in [-0.39, 0.29) is 17.9 Å². The van der Waals surface area contributed by atoms with Crippen LogP contribution >= 0.6 is 11.6 Å². The molecule has 0 radical (unpaired) electrons. The molecule has 0 unspecified atom stereocenters. The van der Waals surface area contributed by atoms with Crippen LogP contribution in [0.1, 0.15) is 68.7 Å². The van der Waals surface area contributed by atoms with Crippen LogP contribution in [0.3, 0.4) is 0 Å². The van der Waals surface area contributed by atoms with Crippen molar-refractivity contribution < 1.29 is 19.1 Å². The van der Waals surface area contributed by atoms with Gasteiger partial charge in [-0.1, -0.05) is 43.5 Å². The fourth-order valence-corrected chi connectivity index (χ4v) is 6.44. The molecule has 6 nitrogen and oxygen atoms in total. The fourth-order valence-electron chi connectivity index (χ4n) is 6.32. The zero-order valence-corrected chi connectivity index (χ0v) is 22.4. The molecule has 0 bridgehead atoms. The smallest absolute Gasteiger partial charge is 0.336 e. The summed E-state index contributed by atoms with van der Waals surface area (Å²) in [5.74, 6) is 0.358. The fraction of sp³-hybridized carbons (Fsp3) is 0.467. The summed E-state index contributed by atoms with van der Waals surface area (Å²) in [4.78, 5) is 27.9. The van der Waals surface area contributed by atoms with Crippen LogP contribution in [0.15, 0.2) is 51.7 Å². The first-order valence-corrected chi connectivity index (χ1v) is 13.6. The van der Waals surface area contributed by atoms with Gasteiger partial charge in [0.15, 0.2) is 6.10 Å². The molecule has 1 aliphatic carbocycles. The molecule has 5 rings (SSSR count). The number of ether oxygens (including phenoxy) is 1. The highest BCUT2D eigenvalue weighted by atomic mass is 35.5. The van der Waals surface area contributed by atoms with Gasteiger partial charge >= 0.3 is 5.63 Å². The lowest BCUT2D eigenvalue weighted by Crippen LogP contribution is -2.58. The van der Waals surface area contributed by atoms with Crippen molar-refractivity contribution in [1.82, 2.24) is 4.90 Å². The monoisotopic (exact) mass is 523 g/mol. The van der Waals surface area contributed by atoms with Gasteiger partial charge in [0.2, 0.25) is 0 Å². The van der Waals surface area contributed by atoms with Crippen LogP contribution in [0, 0.1) is 12.8 Å². The molecule has 7 heteroatoms. The van der Waals surface area contributed by atoms with E-state index in [9.17, 15) is 14.7 Å². The van der Waals surface area contributed by atoms with Crippen LogP contribution in [0.4, 0.5) is 0 Å². The van der Waals surface area contributed by atoms with Crippen molar-refractivity contribution in [2.75, 3.05) is 6.54 Å². The number of carbonyl (C=O) groups excluding carboxylic acids is 1. The minimum Gasteiger partial charge on any atom is -0.480 e. The highest BCUT2D eigenvalue weighted by molar-refractivity contribution is 6.30. The molecule has 2 aliphatic rings. The maximum absolute atomic E-state index is 14.0. The standard InChI is InChI=1S/C30H34ClNO5/c1-4-20-17-26(33)37-25-16-18(2)15-24(27(20)25)36-19(3)29(34)32-14-13-30(35)12-6-5-7-23(30)28(32)21-8-10-22(31)11-9-21/h8-11,15-17,19,23,28,35H,4-7,12-14H2,1-3H3/t19-,23-,28-,30-/m0/s1. The molecule has 0 spiro atoms. The van der Waals surface area contributed by atoms with E-state index in [1.807, 2.05) is 55.1 Å². The van der Waals surface area contributed by atoms with Gasteiger partial charge in [-0.05, 0) is 80.5 Å². The summed E-state index contributed by atoms with van der Waals surface area (Å²) in [7, 11) is 0. The summed E-state index contributed by atoms with van der Waals surface area (Å²) in [6.07, 6.45) is 4.08. The van der Waals surface area contributed by atoms with Gasteiger partial charge in [-0.25, -0.2) is 4.79 Å². The zero-order valence-electron chi connectivity index (χ0n) is 21.6. The Morgan fingerprint density at radius 1 is 1.22 bits per heavy atom. The number of hydrogen-bond donors (Lipinski definition) is 1. The van der Waals surface area contributed by atoms with Crippen LogP contribution < -0.4 is 10.4 Å². The number of halogens is 1. The molecular weight excluding hydrogens is 490 g/mol. The van der Waals surface area contributed by atoms with Crippen molar-refractivity contribution in [3.8, 4) is 5.75 Å². The van der Waals surface area contributed by atoms with Gasteiger partial charge in [0.05, 0.1) is 17.0 Å². The molecule has 1 saturated heterocycles. The number of likely N-dealkylation sites (tertiary alicyclic amines) is 1. The molecule has 2 aromatic carbocycles. The Bertz CT molecular complexity index is 1370.